The quantitative estimate of drug-likeness (QED) is 0.594. The van der Waals surface area contributed by atoms with Gasteiger partial charge in [0, 0.05) is 0 Å². The van der Waals surface area contributed by atoms with Crippen molar-refractivity contribution in [1.82, 2.24) is 0 Å². The van der Waals surface area contributed by atoms with E-state index in [0.717, 1.165) is 6.42 Å². The van der Waals surface area contributed by atoms with E-state index in [9.17, 15) is 0 Å². The Bertz CT molecular complexity index is 887. The van der Waals surface area contributed by atoms with Crippen molar-refractivity contribution in [1.29, 1.82) is 0 Å². The molecule has 2 aliphatic rings. The summed E-state index contributed by atoms with van der Waals surface area (Å²) in [6.45, 7) is 6.90. The van der Waals surface area contributed by atoms with E-state index in [0.29, 0.717) is 3.63 Å². The first-order valence-corrected chi connectivity index (χ1v) is 11.0. The molecule has 0 N–H and O–H groups in total. The van der Waals surface area contributed by atoms with Crippen LogP contribution in [0.5, 0.6) is 0 Å². The molecule has 0 heterocycles. The van der Waals surface area contributed by atoms with Crippen LogP contribution >= 0.6 is 0 Å². The van der Waals surface area contributed by atoms with Crippen LogP contribution < -0.4 is 24.8 Å². The maximum Gasteiger partial charge on any atom is -1.00 e. The third-order valence-electron chi connectivity index (χ3n) is 4.73. The van der Waals surface area contributed by atoms with Crippen LogP contribution in [0, 0.1) is 6.92 Å². The molecule has 0 aromatic heterocycles. The minimum Gasteiger partial charge on any atom is -1.00 e. The molecule has 2 aliphatic carbocycles. The zero-order valence-corrected chi connectivity index (χ0v) is 18.7. The summed E-state index contributed by atoms with van der Waals surface area (Å²) in [5.74, 6) is 0. The first kappa shape index (κ1) is 20.6. The molecule has 4 rings (SSSR count). The molecule has 0 bridgehead atoms. The minimum atomic E-state index is -0.606. The smallest absolute Gasteiger partial charge is 1.00 e. The molecule has 0 saturated carbocycles. The van der Waals surface area contributed by atoms with Gasteiger partial charge in [0.2, 0.25) is 0 Å². The van der Waals surface area contributed by atoms with E-state index in [1.54, 1.807) is 14.3 Å². The molecule has 0 radical (unpaired) electrons. The van der Waals surface area contributed by atoms with Gasteiger partial charge in [0.05, 0.1) is 0 Å². The molecule has 0 nitrogen and oxygen atoms in total. The summed E-state index contributed by atoms with van der Waals surface area (Å²) < 4.78 is 2.35. The summed E-state index contributed by atoms with van der Waals surface area (Å²) in [7, 11) is 0. The summed E-state index contributed by atoms with van der Waals surface area (Å²) >= 11 is -0.606. The number of halogens is 2. The van der Waals surface area contributed by atoms with Gasteiger partial charge < -0.3 is 24.8 Å². The molecule has 2 aromatic rings. The molecule has 25 heavy (non-hydrogen) atoms. The molecule has 0 saturated heterocycles. The topological polar surface area (TPSA) is 0 Å². The van der Waals surface area contributed by atoms with Crippen molar-refractivity contribution >= 4 is 8.78 Å². The predicted molar refractivity (Wildman–Crippen MR) is 96.5 cm³/mol. The van der Waals surface area contributed by atoms with Gasteiger partial charge in [0.25, 0.3) is 0 Å². The van der Waals surface area contributed by atoms with Crippen molar-refractivity contribution < 1.29 is 47.6 Å². The van der Waals surface area contributed by atoms with Crippen molar-refractivity contribution in [3.63, 3.8) is 0 Å². The fourth-order valence-electron chi connectivity index (χ4n) is 3.83. The van der Waals surface area contributed by atoms with Crippen LogP contribution in [0.1, 0.15) is 46.1 Å². The largest absolute Gasteiger partial charge is 1.00 e. The summed E-state index contributed by atoms with van der Waals surface area (Å²) in [6, 6.07) is 13.9. The number of hydrogen-bond donors (Lipinski definition) is 0. The maximum atomic E-state index is 2.42. The average Bonchev–Trinajstić information content (AvgIpc) is 3.14. The van der Waals surface area contributed by atoms with Gasteiger partial charge in [0.1, 0.15) is 0 Å². The van der Waals surface area contributed by atoms with Gasteiger partial charge >= 0.3 is 150 Å². The second kappa shape index (κ2) is 8.30. The molecule has 0 amide bonds. The van der Waals surface area contributed by atoms with E-state index >= 15 is 0 Å². The van der Waals surface area contributed by atoms with Gasteiger partial charge in [-0.15, -0.1) is 0 Å². The van der Waals surface area contributed by atoms with Gasteiger partial charge in [-0.3, -0.25) is 0 Å². The minimum absolute atomic E-state index is 0. The SMILES string of the molecule is C[C](C)=[Zr+2][CH]1c2ccccc2-c2cc(C)cc(C3=CC=CC3)c21.[Cl-].[Cl-]. The van der Waals surface area contributed by atoms with Crippen LogP contribution in [0.15, 0.2) is 54.6 Å². The Morgan fingerprint density at radius 1 is 1.00 bits per heavy atom. The van der Waals surface area contributed by atoms with Crippen LogP contribution in [0.3, 0.4) is 0 Å². The Balaban J connectivity index is 0.00000113. The summed E-state index contributed by atoms with van der Waals surface area (Å²) in [5, 5.41) is 0. The predicted octanol–water partition coefficient (Wildman–Crippen LogP) is -0.289. The fraction of sp³-hybridized carbons (Fsp3) is 0.227. The van der Waals surface area contributed by atoms with Gasteiger partial charge in [-0.1, -0.05) is 0 Å². The molecule has 2 aromatic carbocycles. The van der Waals surface area contributed by atoms with E-state index in [1.807, 2.05) is 0 Å². The van der Waals surface area contributed by atoms with Crippen molar-refractivity contribution in [3.05, 3.63) is 76.9 Å². The summed E-state index contributed by atoms with van der Waals surface area (Å²) in [4.78, 5) is 0. The van der Waals surface area contributed by atoms with Crippen LogP contribution in [0.4, 0.5) is 0 Å². The number of benzene rings is 2. The molecule has 127 valence electrons. The van der Waals surface area contributed by atoms with E-state index in [2.05, 4.69) is 75.4 Å². The number of fused-ring (bicyclic) bond motifs is 3. The Morgan fingerprint density at radius 2 is 1.72 bits per heavy atom. The molecule has 1 unspecified atom stereocenters. The molecule has 0 spiro atoms. The standard InChI is InChI=1S/C19H15.C3H6.2ClH.Zr/c1-13-10-17(14-6-2-3-7-14)19-12-15-8-4-5-9-16(15)18(19)11-13;1-3-2;;;/h2-6,8-12H,7H2,1H3;1-2H3;2*1H;/q;;;;+2/p-2. The fourth-order valence-corrected chi connectivity index (χ4v) is 7.37. The van der Waals surface area contributed by atoms with Crippen molar-refractivity contribution in [2.45, 2.75) is 30.8 Å². The van der Waals surface area contributed by atoms with E-state index in [1.165, 1.54) is 27.8 Å². The molecular weight excluding hydrogens is 426 g/mol. The molecular formula is C22H21Cl2Zr. The second-order valence-corrected chi connectivity index (χ2v) is 11.3. The van der Waals surface area contributed by atoms with Gasteiger partial charge in [0.15, 0.2) is 0 Å². The average molecular weight is 448 g/mol. The summed E-state index contributed by atoms with van der Waals surface area (Å²) in [5.41, 5.74) is 10.6. The summed E-state index contributed by atoms with van der Waals surface area (Å²) in [6.07, 6.45) is 7.87. The van der Waals surface area contributed by atoms with E-state index < -0.39 is 22.8 Å². The Kier molecular flexibility index (Phi) is 6.82. The number of hydrogen-bond acceptors (Lipinski definition) is 0. The Morgan fingerprint density at radius 3 is 2.40 bits per heavy atom. The van der Waals surface area contributed by atoms with E-state index in [4.69, 9.17) is 0 Å². The number of aryl methyl sites for hydroxylation is 1. The third kappa shape index (κ3) is 3.70. The maximum absolute atomic E-state index is 2.42. The normalized spacial score (nSPS) is 16.1. The van der Waals surface area contributed by atoms with Gasteiger partial charge in [-0.05, 0) is 0 Å². The zero-order valence-electron chi connectivity index (χ0n) is 14.7. The second-order valence-electron chi connectivity index (χ2n) is 6.76. The van der Waals surface area contributed by atoms with Crippen molar-refractivity contribution in [3.8, 4) is 11.1 Å². The van der Waals surface area contributed by atoms with Gasteiger partial charge in [-0.2, -0.15) is 0 Å². The van der Waals surface area contributed by atoms with E-state index in [-0.39, 0.29) is 24.8 Å². The van der Waals surface area contributed by atoms with Crippen molar-refractivity contribution in [2.75, 3.05) is 0 Å². The molecule has 0 fully saturated rings. The third-order valence-corrected chi connectivity index (χ3v) is 8.33. The number of rotatable bonds is 2. The van der Waals surface area contributed by atoms with Crippen LogP contribution in [-0.2, 0) is 22.8 Å². The number of allylic oxidation sites excluding steroid dienone is 4. The molecule has 3 heteroatoms. The first-order chi connectivity index (χ1) is 11.1. The monoisotopic (exact) mass is 445 g/mol. The molecule has 1 atom stereocenters. The van der Waals surface area contributed by atoms with Crippen LogP contribution in [0.2, 0.25) is 0 Å². The first-order valence-electron chi connectivity index (χ1n) is 8.32. The Hall–Kier alpha value is -0.747. The Labute approximate surface area is 174 Å². The van der Waals surface area contributed by atoms with Crippen molar-refractivity contribution in [2.24, 2.45) is 0 Å². The zero-order chi connectivity index (χ0) is 16.0. The van der Waals surface area contributed by atoms with Crippen LogP contribution in [-0.4, -0.2) is 3.21 Å². The molecule has 0 aliphatic heterocycles. The van der Waals surface area contributed by atoms with Gasteiger partial charge in [-0.25, -0.2) is 0 Å². The van der Waals surface area contributed by atoms with Crippen LogP contribution in [0.25, 0.3) is 16.7 Å².